The Balaban J connectivity index is 1.75. The monoisotopic (exact) mass is 348 g/mol. The minimum atomic E-state index is -0.453. The summed E-state index contributed by atoms with van der Waals surface area (Å²) in [6.07, 6.45) is 1.65. The number of aliphatic hydroxyl groups excluding tert-OH is 1. The second kappa shape index (κ2) is 7.18. The van der Waals surface area contributed by atoms with Crippen LogP contribution in [0.25, 0.3) is 0 Å². The number of amides is 1. The number of aryl methyl sites for hydroxylation is 2. The van der Waals surface area contributed by atoms with Crippen molar-refractivity contribution in [3.8, 4) is 0 Å². The maximum absolute atomic E-state index is 11.6. The molecule has 0 aliphatic carbocycles. The molecule has 0 radical (unpaired) electrons. The zero-order valence-electron chi connectivity index (χ0n) is 13.7. The summed E-state index contributed by atoms with van der Waals surface area (Å²) in [7, 11) is 0. The quantitative estimate of drug-likeness (QED) is 0.838. The number of hydrogen-bond acceptors (Lipinski definition) is 8. The highest BCUT2D eigenvalue weighted by Gasteiger charge is 2.29. The van der Waals surface area contributed by atoms with E-state index in [1.165, 1.54) is 11.3 Å². The number of hydrogen-bond donors (Lipinski definition) is 2. The van der Waals surface area contributed by atoms with Crippen molar-refractivity contribution in [2.75, 3.05) is 25.0 Å². The van der Waals surface area contributed by atoms with Crippen molar-refractivity contribution >= 4 is 28.2 Å². The van der Waals surface area contributed by atoms with Gasteiger partial charge in [-0.1, -0.05) is 18.3 Å². The van der Waals surface area contributed by atoms with E-state index in [2.05, 4.69) is 25.5 Å². The van der Waals surface area contributed by atoms with Crippen molar-refractivity contribution in [1.29, 1.82) is 0 Å². The molecular formula is C15H20N6O2S. The molecule has 2 aromatic heterocycles. The molecule has 1 amide bonds. The Hall–Kier alpha value is -2.13. The third kappa shape index (κ3) is 3.68. The van der Waals surface area contributed by atoms with Gasteiger partial charge < -0.3 is 15.3 Å². The molecule has 1 saturated heterocycles. The van der Waals surface area contributed by atoms with Crippen molar-refractivity contribution in [3.63, 3.8) is 0 Å². The van der Waals surface area contributed by atoms with Crippen molar-refractivity contribution in [2.45, 2.75) is 32.6 Å². The molecule has 9 heteroatoms. The van der Waals surface area contributed by atoms with E-state index in [9.17, 15) is 4.79 Å². The second-order valence-corrected chi connectivity index (χ2v) is 6.78. The first kappa shape index (κ1) is 16.7. The Kier molecular flexibility index (Phi) is 5.00. The molecule has 24 heavy (non-hydrogen) atoms. The minimum absolute atomic E-state index is 0.0848. The third-order valence-electron chi connectivity index (χ3n) is 3.92. The first-order valence-electron chi connectivity index (χ1n) is 7.92. The Labute approximate surface area is 144 Å². The molecule has 0 spiro atoms. The summed E-state index contributed by atoms with van der Waals surface area (Å²) < 4.78 is 0. The van der Waals surface area contributed by atoms with Crippen LogP contribution in [0.4, 0.5) is 10.9 Å². The van der Waals surface area contributed by atoms with E-state index in [0.717, 1.165) is 23.5 Å². The van der Waals surface area contributed by atoms with Gasteiger partial charge in [0, 0.05) is 30.8 Å². The molecule has 1 aliphatic rings. The van der Waals surface area contributed by atoms with Gasteiger partial charge in [0.05, 0.1) is 0 Å². The zero-order chi connectivity index (χ0) is 17.1. The van der Waals surface area contributed by atoms with Crippen LogP contribution in [0.2, 0.25) is 0 Å². The van der Waals surface area contributed by atoms with Crippen LogP contribution in [0.3, 0.4) is 0 Å². The van der Waals surface area contributed by atoms with Gasteiger partial charge in [-0.05, 0) is 19.8 Å². The van der Waals surface area contributed by atoms with Gasteiger partial charge in [-0.3, -0.25) is 4.79 Å². The normalized spacial score (nSPS) is 17.3. The van der Waals surface area contributed by atoms with Gasteiger partial charge in [-0.2, -0.15) is 0 Å². The van der Waals surface area contributed by atoms with Gasteiger partial charge >= 0.3 is 0 Å². The standard InChI is InChI=1S/C15H20N6O2S/c1-3-12-19-20-15(24-12)18-11-6-9(2)16-14(17-11)10-4-5-21(7-10)13(23)8-22/h6,10,22H,3-5,7-8H2,1-2H3,(H,16,17,18,20). The fourth-order valence-electron chi connectivity index (χ4n) is 2.69. The highest BCUT2D eigenvalue weighted by molar-refractivity contribution is 7.15. The Morgan fingerprint density at radius 1 is 1.46 bits per heavy atom. The van der Waals surface area contributed by atoms with Gasteiger partial charge in [-0.15, -0.1) is 10.2 Å². The van der Waals surface area contributed by atoms with Crippen LogP contribution in [0.15, 0.2) is 6.07 Å². The SMILES string of the molecule is CCc1nnc(Nc2cc(C)nc(C3CCN(C(=O)CO)C3)n2)s1. The summed E-state index contributed by atoms with van der Waals surface area (Å²) in [6, 6.07) is 1.86. The van der Waals surface area contributed by atoms with E-state index in [1.54, 1.807) is 4.90 Å². The van der Waals surface area contributed by atoms with Crippen molar-refractivity contribution in [1.82, 2.24) is 25.1 Å². The average Bonchev–Trinajstić information content (AvgIpc) is 3.22. The van der Waals surface area contributed by atoms with E-state index in [0.29, 0.717) is 29.9 Å². The van der Waals surface area contributed by atoms with Crippen molar-refractivity contribution < 1.29 is 9.90 Å². The van der Waals surface area contributed by atoms with Crippen LogP contribution in [-0.2, 0) is 11.2 Å². The lowest BCUT2D eigenvalue weighted by Crippen LogP contribution is -2.30. The number of aliphatic hydroxyl groups is 1. The lowest BCUT2D eigenvalue weighted by Gasteiger charge is -2.15. The summed E-state index contributed by atoms with van der Waals surface area (Å²) in [5, 5.41) is 22.0. The zero-order valence-corrected chi connectivity index (χ0v) is 14.5. The van der Waals surface area contributed by atoms with Gasteiger partial charge in [0.25, 0.3) is 0 Å². The highest BCUT2D eigenvalue weighted by atomic mass is 32.1. The average molecular weight is 348 g/mol. The maximum atomic E-state index is 11.6. The highest BCUT2D eigenvalue weighted by Crippen LogP contribution is 2.27. The summed E-state index contributed by atoms with van der Waals surface area (Å²) in [6.45, 7) is 4.67. The molecular weight excluding hydrogens is 328 g/mol. The minimum Gasteiger partial charge on any atom is -0.387 e. The number of carbonyl (C=O) groups is 1. The van der Waals surface area contributed by atoms with Crippen LogP contribution in [0.1, 0.15) is 35.8 Å². The fraction of sp³-hybridized carbons (Fsp3) is 0.533. The van der Waals surface area contributed by atoms with Gasteiger partial charge in [0.15, 0.2) is 0 Å². The van der Waals surface area contributed by atoms with Crippen LogP contribution < -0.4 is 5.32 Å². The van der Waals surface area contributed by atoms with Crippen molar-refractivity contribution in [3.05, 3.63) is 22.6 Å². The van der Waals surface area contributed by atoms with Crippen LogP contribution in [-0.4, -0.2) is 55.8 Å². The molecule has 0 aromatic carbocycles. The van der Waals surface area contributed by atoms with Crippen LogP contribution in [0.5, 0.6) is 0 Å². The lowest BCUT2D eigenvalue weighted by atomic mass is 10.1. The van der Waals surface area contributed by atoms with Crippen LogP contribution in [0, 0.1) is 6.92 Å². The summed E-state index contributed by atoms with van der Waals surface area (Å²) in [4.78, 5) is 22.4. The lowest BCUT2D eigenvalue weighted by molar-refractivity contribution is -0.133. The first-order valence-corrected chi connectivity index (χ1v) is 8.74. The van der Waals surface area contributed by atoms with Crippen LogP contribution >= 0.6 is 11.3 Å². The van der Waals surface area contributed by atoms with Gasteiger partial charge in [0.2, 0.25) is 11.0 Å². The number of nitrogens with one attached hydrogen (secondary N) is 1. The number of aromatic nitrogens is 4. The summed E-state index contributed by atoms with van der Waals surface area (Å²) in [5.74, 6) is 1.24. The molecule has 2 N–H and O–H groups in total. The summed E-state index contributed by atoms with van der Waals surface area (Å²) >= 11 is 1.50. The molecule has 0 saturated carbocycles. The molecule has 1 fully saturated rings. The second-order valence-electron chi connectivity index (χ2n) is 5.72. The van der Waals surface area contributed by atoms with E-state index >= 15 is 0 Å². The number of nitrogens with zero attached hydrogens (tertiary/aromatic N) is 5. The maximum Gasteiger partial charge on any atom is 0.248 e. The number of likely N-dealkylation sites (tertiary alicyclic amines) is 1. The molecule has 128 valence electrons. The molecule has 2 aromatic rings. The Morgan fingerprint density at radius 2 is 2.29 bits per heavy atom. The predicted octanol–water partition coefficient (Wildman–Crippen LogP) is 1.25. The van der Waals surface area contributed by atoms with E-state index in [4.69, 9.17) is 5.11 Å². The fourth-order valence-corrected chi connectivity index (χ4v) is 3.38. The smallest absolute Gasteiger partial charge is 0.248 e. The summed E-state index contributed by atoms with van der Waals surface area (Å²) in [5.41, 5.74) is 0.856. The van der Waals surface area contributed by atoms with E-state index in [1.807, 2.05) is 19.9 Å². The molecule has 0 bridgehead atoms. The molecule has 1 atom stereocenters. The Bertz CT molecular complexity index is 735. The van der Waals surface area contributed by atoms with Gasteiger partial charge in [-0.25, -0.2) is 9.97 Å². The number of anilines is 2. The largest absolute Gasteiger partial charge is 0.387 e. The van der Waals surface area contributed by atoms with Crippen molar-refractivity contribution in [2.24, 2.45) is 0 Å². The predicted molar refractivity (Wildman–Crippen MR) is 90.4 cm³/mol. The number of rotatable bonds is 5. The molecule has 1 aliphatic heterocycles. The Morgan fingerprint density at radius 3 is 3.00 bits per heavy atom. The molecule has 3 heterocycles. The van der Waals surface area contributed by atoms with E-state index in [-0.39, 0.29) is 11.8 Å². The molecule has 8 nitrogen and oxygen atoms in total. The third-order valence-corrected chi connectivity index (χ3v) is 4.90. The number of carbonyl (C=O) groups excluding carboxylic acids is 1. The topological polar surface area (TPSA) is 104 Å². The first-order chi connectivity index (χ1) is 11.6. The van der Waals surface area contributed by atoms with E-state index < -0.39 is 6.61 Å². The molecule has 1 unspecified atom stereocenters. The van der Waals surface area contributed by atoms with Gasteiger partial charge in [0.1, 0.15) is 23.3 Å². The molecule has 3 rings (SSSR count).